The van der Waals surface area contributed by atoms with Crippen LogP contribution < -0.4 is 0 Å². The number of methoxy groups -OCH3 is 1. The van der Waals surface area contributed by atoms with Crippen LogP contribution in [0.25, 0.3) is 0 Å². The number of carbonyl (C=O) groups is 1. The molecule has 6 nitrogen and oxygen atoms in total. The zero-order valence-electron chi connectivity index (χ0n) is 11.8. The standard InChI is InChI=1S/C12H21N3O3S/c1-5-9(6-18-4)15-11(8(2)3)13-14-12(15)19-7-10(16)17/h8-9H,5-7H2,1-4H3,(H,16,17). The van der Waals surface area contributed by atoms with Crippen LogP contribution in [0.5, 0.6) is 0 Å². The zero-order chi connectivity index (χ0) is 14.4. The van der Waals surface area contributed by atoms with Crippen molar-refractivity contribution in [3.05, 3.63) is 5.82 Å². The molecule has 1 aromatic rings. The molecule has 1 N–H and O–H groups in total. The summed E-state index contributed by atoms with van der Waals surface area (Å²) in [5.74, 6) is 0.236. The highest BCUT2D eigenvalue weighted by Crippen LogP contribution is 2.27. The van der Waals surface area contributed by atoms with Gasteiger partial charge < -0.3 is 14.4 Å². The molecular weight excluding hydrogens is 266 g/mol. The Morgan fingerprint density at radius 3 is 2.63 bits per heavy atom. The van der Waals surface area contributed by atoms with Crippen LogP contribution in [0, 0.1) is 0 Å². The van der Waals surface area contributed by atoms with Gasteiger partial charge in [-0.05, 0) is 6.42 Å². The maximum absolute atomic E-state index is 10.7. The van der Waals surface area contributed by atoms with Crippen LogP contribution in [-0.4, -0.2) is 45.3 Å². The van der Waals surface area contributed by atoms with Crippen molar-refractivity contribution in [3.63, 3.8) is 0 Å². The van der Waals surface area contributed by atoms with Crippen LogP contribution in [0.3, 0.4) is 0 Å². The third-order valence-corrected chi connectivity index (χ3v) is 3.66. The smallest absolute Gasteiger partial charge is 0.313 e. The number of hydrogen-bond acceptors (Lipinski definition) is 5. The minimum Gasteiger partial charge on any atom is -0.481 e. The van der Waals surface area contributed by atoms with Gasteiger partial charge >= 0.3 is 5.97 Å². The Morgan fingerprint density at radius 2 is 2.16 bits per heavy atom. The second kappa shape index (κ2) is 7.49. The second-order valence-corrected chi connectivity index (χ2v) is 5.51. The van der Waals surface area contributed by atoms with Gasteiger partial charge in [-0.2, -0.15) is 0 Å². The summed E-state index contributed by atoms with van der Waals surface area (Å²) in [6.07, 6.45) is 0.881. The van der Waals surface area contributed by atoms with Gasteiger partial charge in [0.25, 0.3) is 0 Å². The van der Waals surface area contributed by atoms with Crippen LogP contribution in [0.1, 0.15) is 45.0 Å². The molecule has 0 amide bonds. The largest absolute Gasteiger partial charge is 0.481 e. The summed E-state index contributed by atoms with van der Waals surface area (Å²) >= 11 is 1.20. The predicted molar refractivity (Wildman–Crippen MR) is 73.7 cm³/mol. The quantitative estimate of drug-likeness (QED) is 0.738. The maximum Gasteiger partial charge on any atom is 0.313 e. The monoisotopic (exact) mass is 287 g/mol. The number of rotatable bonds is 8. The molecule has 1 aromatic heterocycles. The number of carboxylic acid groups (broad SMARTS) is 1. The molecule has 19 heavy (non-hydrogen) atoms. The fourth-order valence-corrected chi connectivity index (χ4v) is 2.55. The van der Waals surface area contributed by atoms with Gasteiger partial charge in [0.15, 0.2) is 5.16 Å². The van der Waals surface area contributed by atoms with Crippen molar-refractivity contribution in [1.29, 1.82) is 0 Å². The molecule has 0 aliphatic heterocycles. The van der Waals surface area contributed by atoms with E-state index in [0.717, 1.165) is 12.2 Å². The highest BCUT2D eigenvalue weighted by atomic mass is 32.2. The first-order valence-corrected chi connectivity index (χ1v) is 7.28. The molecule has 1 unspecified atom stereocenters. The molecule has 1 atom stereocenters. The van der Waals surface area contributed by atoms with Crippen LogP contribution in [0.4, 0.5) is 0 Å². The van der Waals surface area contributed by atoms with Gasteiger partial charge in [0, 0.05) is 13.0 Å². The van der Waals surface area contributed by atoms with Gasteiger partial charge in [0.2, 0.25) is 0 Å². The predicted octanol–water partition coefficient (Wildman–Crippen LogP) is 2.18. The van der Waals surface area contributed by atoms with Gasteiger partial charge in [0.1, 0.15) is 5.82 Å². The molecule has 0 saturated heterocycles. The summed E-state index contributed by atoms with van der Waals surface area (Å²) < 4.78 is 7.25. The molecule has 0 spiro atoms. The highest BCUT2D eigenvalue weighted by Gasteiger charge is 2.22. The van der Waals surface area contributed by atoms with Crippen molar-refractivity contribution in [3.8, 4) is 0 Å². The van der Waals surface area contributed by atoms with Crippen molar-refractivity contribution < 1.29 is 14.6 Å². The normalized spacial score (nSPS) is 12.9. The van der Waals surface area contributed by atoms with Crippen LogP contribution in [0.15, 0.2) is 5.16 Å². The van der Waals surface area contributed by atoms with Crippen LogP contribution in [-0.2, 0) is 9.53 Å². The average molecular weight is 287 g/mol. The Hall–Kier alpha value is -1.08. The fraction of sp³-hybridized carbons (Fsp3) is 0.750. The first-order chi connectivity index (χ1) is 9.01. The third-order valence-electron chi connectivity index (χ3n) is 2.73. The molecular formula is C12H21N3O3S. The summed E-state index contributed by atoms with van der Waals surface area (Å²) in [6.45, 7) is 6.73. The molecule has 1 heterocycles. The van der Waals surface area contributed by atoms with Gasteiger partial charge in [0.05, 0.1) is 18.4 Å². The SMILES string of the molecule is CCC(COC)n1c(SCC(=O)O)nnc1C(C)C. The highest BCUT2D eigenvalue weighted by molar-refractivity contribution is 7.99. The minimum atomic E-state index is -0.856. The Balaban J connectivity index is 3.06. The Kier molecular flexibility index (Phi) is 6.30. The van der Waals surface area contributed by atoms with Crippen LogP contribution >= 0.6 is 11.8 Å². The van der Waals surface area contributed by atoms with E-state index in [9.17, 15) is 4.79 Å². The average Bonchev–Trinajstić information content (AvgIpc) is 2.77. The fourth-order valence-electron chi connectivity index (χ4n) is 1.82. The number of aliphatic carboxylic acids is 1. The number of aromatic nitrogens is 3. The lowest BCUT2D eigenvalue weighted by Gasteiger charge is -2.20. The van der Waals surface area contributed by atoms with Crippen molar-refractivity contribution in [1.82, 2.24) is 14.8 Å². The summed E-state index contributed by atoms with van der Waals surface area (Å²) in [5, 5.41) is 17.7. The molecule has 0 aromatic carbocycles. The van der Waals surface area contributed by atoms with Crippen molar-refractivity contribution in [2.24, 2.45) is 0 Å². The molecule has 0 radical (unpaired) electrons. The molecule has 0 aliphatic carbocycles. The van der Waals surface area contributed by atoms with E-state index in [0.29, 0.717) is 11.8 Å². The molecule has 0 aliphatic rings. The first kappa shape index (κ1) is 16.0. The van der Waals surface area contributed by atoms with E-state index in [1.807, 2.05) is 18.4 Å². The minimum absolute atomic E-state index is 0.0142. The summed E-state index contributed by atoms with van der Waals surface area (Å²) in [6, 6.07) is 0.133. The topological polar surface area (TPSA) is 77.2 Å². The molecule has 0 saturated carbocycles. The number of ether oxygens (including phenoxy) is 1. The maximum atomic E-state index is 10.7. The summed E-state index contributed by atoms with van der Waals surface area (Å²) in [4.78, 5) is 10.7. The lowest BCUT2D eigenvalue weighted by atomic mass is 10.1. The molecule has 108 valence electrons. The lowest BCUT2D eigenvalue weighted by Crippen LogP contribution is -2.18. The lowest BCUT2D eigenvalue weighted by molar-refractivity contribution is -0.133. The number of carboxylic acids is 1. The molecule has 0 bridgehead atoms. The van der Waals surface area contributed by atoms with Gasteiger partial charge in [-0.3, -0.25) is 4.79 Å². The van der Waals surface area contributed by atoms with Crippen LogP contribution in [0.2, 0.25) is 0 Å². The van der Waals surface area contributed by atoms with Gasteiger partial charge in [-0.1, -0.05) is 32.5 Å². The number of hydrogen-bond donors (Lipinski definition) is 1. The second-order valence-electron chi connectivity index (χ2n) is 4.57. The Morgan fingerprint density at radius 1 is 1.47 bits per heavy atom. The van der Waals surface area contributed by atoms with E-state index in [4.69, 9.17) is 9.84 Å². The van der Waals surface area contributed by atoms with E-state index in [1.54, 1.807) is 7.11 Å². The van der Waals surface area contributed by atoms with E-state index >= 15 is 0 Å². The molecule has 7 heteroatoms. The third kappa shape index (κ3) is 4.21. The zero-order valence-corrected chi connectivity index (χ0v) is 12.6. The van der Waals surface area contributed by atoms with Gasteiger partial charge in [-0.25, -0.2) is 0 Å². The summed E-state index contributed by atoms with van der Waals surface area (Å²) in [7, 11) is 1.66. The van der Waals surface area contributed by atoms with E-state index < -0.39 is 5.97 Å². The number of nitrogens with zero attached hydrogens (tertiary/aromatic N) is 3. The molecule has 0 fully saturated rings. The summed E-state index contributed by atoms with van der Waals surface area (Å²) in [5.41, 5.74) is 0. The number of thioether (sulfide) groups is 1. The first-order valence-electron chi connectivity index (χ1n) is 6.29. The van der Waals surface area contributed by atoms with E-state index in [-0.39, 0.29) is 17.7 Å². The Labute approximate surface area is 117 Å². The van der Waals surface area contributed by atoms with E-state index in [1.165, 1.54) is 11.8 Å². The van der Waals surface area contributed by atoms with E-state index in [2.05, 4.69) is 17.1 Å². The van der Waals surface area contributed by atoms with Crippen molar-refractivity contribution >= 4 is 17.7 Å². The Bertz CT molecular complexity index is 420. The van der Waals surface area contributed by atoms with Crippen molar-refractivity contribution in [2.75, 3.05) is 19.5 Å². The van der Waals surface area contributed by atoms with Crippen molar-refractivity contribution in [2.45, 2.75) is 44.3 Å². The molecule has 1 rings (SSSR count). The van der Waals surface area contributed by atoms with Gasteiger partial charge in [-0.15, -0.1) is 10.2 Å².